The number of halogens is 3. The third kappa shape index (κ3) is 3.40. The average Bonchev–Trinajstić information content (AvgIpc) is 3.07. The number of alkyl halides is 3. The molecule has 5 nitrogen and oxygen atoms in total. The number of nitrogens with zero attached hydrogens (tertiary/aromatic N) is 4. The second kappa shape index (κ2) is 7.22. The lowest BCUT2D eigenvalue weighted by molar-refractivity contribution is -0.173. The van der Waals surface area contributed by atoms with Gasteiger partial charge in [-0.2, -0.15) is 18.3 Å². The molecule has 0 spiro atoms. The van der Waals surface area contributed by atoms with Gasteiger partial charge in [-0.1, -0.05) is 18.9 Å². The summed E-state index contributed by atoms with van der Waals surface area (Å²) in [5.41, 5.74) is 1.51. The van der Waals surface area contributed by atoms with Gasteiger partial charge in [-0.25, -0.2) is 4.68 Å². The first-order valence-corrected chi connectivity index (χ1v) is 9.70. The zero-order valence-corrected chi connectivity index (χ0v) is 15.7. The van der Waals surface area contributed by atoms with E-state index in [2.05, 4.69) is 10.1 Å². The van der Waals surface area contributed by atoms with E-state index in [1.807, 2.05) is 12.1 Å². The third-order valence-electron chi connectivity index (χ3n) is 5.88. The topological polar surface area (TPSA) is 51.0 Å². The summed E-state index contributed by atoms with van der Waals surface area (Å²) in [6.45, 7) is 1.71. The highest BCUT2D eigenvalue weighted by molar-refractivity contribution is 5.95. The SMILES string of the molecule is Cc1cc2n(n1)C(C(F)(F)F)CCN2C(=O)C1CCCCC1c1cccnc1. The summed E-state index contributed by atoms with van der Waals surface area (Å²) in [5, 5.41) is 4.05. The Kier molecular flexibility index (Phi) is 4.89. The summed E-state index contributed by atoms with van der Waals surface area (Å²) in [6.07, 6.45) is 2.55. The summed E-state index contributed by atoms with van der Waals surface area (Å²) < 4.78 is 41.3. The van der Waals surface area contributed by atoms with Gasteiger partial charge in [-0.05, 0) is 43.7 Å². The van der Waals surface area contributed by atoms with Crippen molar-refractivity contribution in [2.24, 2.45) is 5.92 Å². The largest absolute Gasteiger partial charge is 0.410 e. The standard InChI is InChI=1S/C20H23F3N4O/c1-13-11-18-26(10-8-17(20(21,22)23)27(18)25-13)19(28)16-7-3-2-6-15(16)14-5-4-9-24-12-14/h4-5,9,11-12,15-17H,2-3,6-8,10H2,1H3. The van der Waals surface area contributed by atoms with Crippen molar-refractivity contribution >= 4 is 11.7 Å². The normalized spacial score (nSPS) is 25.4. The van der Waals surface area contributed by atoms with Gasteiger partial charge in [0.05, 0.1) is 5.69 Å². The van der Waals surface area contributed by atoms with Crippen molar-refractivity contribution in [3.8, 4) is 0 Å². The Balaban J connectivity index is 1.65. The van der Waals surface area contributed by atoms with Crippen LogP contribution in [0.5, 0.6) is 0 Å². The van der Waals surface area contributed by atoms with E-state index >= 15 is 0 Å². The van der Waals surface area contributed by atoms with Crippen LogP contribution in [0.4, 0.5) is 19.0 Å². The minimum atomic E-state index is -4.38. The van der Waals surface area contributed by atoms with Crippen LogP contribution in [-0.2, 0) is 4.79 Å². The number of carbonyl (C=O) groups is 1. The first kappa shape index (κ1) is 19.0. The summed E-state index contributed by atoms with van der Waals surface area (Å²) in [4.78, 5) is 19.1. The van der Waals surface area contributed by atoms with E-state index in [0.29, 0.717) is 5.69 Å². The maximum Gasteiger partial charge on any atom is 0.410 e. The highest BCUT2D eigenvalue weighted by Gasteiger charge is 2.47. The van der Waals surface area contributed by atoms with Crippen molar-refractivity contribution in [1.82, 2.24) is 14.8 Å². The molecule has 3 heterocycles. The Morgan fingerprint density at radius 3 is 2.71 bits per heavy atom. The predicted molar refractivity (Wildman–Crippen MR) is 98.0 cm³/mol. The van der Waals surface area contributed by atoms with E-state index in [-0.39, 0.29) is 36.5 Å². The number of aryl methyl sites for hydroxylation is 1. The van der Waals surface area contributed by atoms with Gasteiger partial charge in [0.15, 0.2) is 6.04 Å². The van der Waals surface area contributed by atoms with Gasteiger partial charge in [0.1, 0.15) is 5.82 Å². The summed E-state index contributed by atoms with van der Waals surface area (Å²) in [5.74, 6) is -0.0429. The zero-order chi connectivity index (χ0) is 19.9. The number of carbonyl (C=O) groups excluding carboxylic acids is 1. The number of rotatable bonds is 2. The molecular weight excluding hydrogens is 369 g/mol. The number of hydrogen-bond acceptors (Lipinski definition) is 3. The van der Waals surface area contributed by atoms with Crippen LogP contribution in [-0.4, -0.2) is 33.4 Å². The highest BCUT2D eigenvalue weighted by Crippen LogP contribution is 2.43. The summed E-state index contributed by atoms with van der Waals surface area (Å²) in [7, 11) is 0. The van der Waals surface area contributed by atoms with E-state index in [0.717, 1.165) is 35.9 Å². The van der Waals surface area contributed by atoms with Crippen LogP contribution < -0.4 is 4.90 Å². The van der Waals surface area contributed by atoms with Crippen LogP contribution >= 0.6 is 0 Å². The van der Waals surface area contributed by atoms with Crippen LogP contribution in [0.25, 0.3) is 0 Å². The van der Waals surface area contributed by atoms with Crippen LogP contribution in [0.3, 0.4) is 0 Å². The van der Waals surface area contributed by atoms with E-state index in [4.69, 9.17) is 0 Å². The number of hydrogen-bond donors (Lipinski definition) is 0. The van der Waals surface area contributed by atoms with Crippen molar-refractivity contribution in [1.29, 1.82) is 0 Å². The van der Waals surface area contributed by atoms with Crippen LogP contribution in [0.2, 0.25) is 0 Å². The fraction of sp³-hybridized carbons (Fsp3) is 0.550. The lowest BCUT2D eigenvalue weighted by Gasteiger charge is -2.38. The fourth-order valence-electron chi connectivity index (χ4n) is 4.57. The Hall–Kier alpha value is -2.38. The Morgan fingerprint density at radius 1 is 1.21 bits per heavy atom. The molecule has 0 N–H and O–H groups in total. The number of aromatic nitrogens is 3. The number of fused-ring (bicyclic) bond motifs is 1. The van der Waals surface area contributed by atoms with Crippen molar-refractivity contribution in [2.45, 2.75) is 57.2 Å². The molecule has 28 heavy (non-hydrogen) atoms. The number of amides is 1. The fourth-order valence-corrected chi connectivity index (χ4v) is 4.57. The van der Waals surface area contributed by atoms with Crippen molar-refractivity contribution in [3.05, 3.63) is 41.9 Å². The van der Waals surface area contributed by atoms with Gasteiger partial charge in [0, 0.05) is 30.9 Å². The van der Waals surface area contributed by atoms with E-state index in [1.54, 1.807) is 25.4 Å². The molecule has 0 bridgehead atoms. The lowest BCUT2D eigenvalue weighted by atomic mass is 9.75. The molecule has 8 heteroatoms. The van der Waals surface area contributed by atoms with Crippen molar-refractivity contribution in [2.75, 3.05) is 11.4 Å². The minimum absolute atomic E-state index is 0.0488. The predicted octanol–water partition coefficient (Wildman–Crippen LogP) is 4.40. The maximum atomic E-state index is 13.4. The smallest absolute Gasteiger partial charge is 0.297 e. The monoisotopic (exact) mass is 392 g/mol. The molecule has 150 valence electrons. The van der Waals surface area contributed by atoms with Crippen LogP contribution in [0, 0.1) is 12.8 Å². The number of anilines is 1. The average molecular weight is 392 g/mol. The molecule has 0 saturated heterocycles. The van der Waals surface area contributed by atoms with Gasteiger partial charge >= 0.3 is 6.18 Å². The molecule has 1 fully saturated rings. The zero-order valence-electron chi connectivity index (χ0n) is 15.7. The first-order valence-electron chi connectivity index (χ1n) is 9.70. The van der Waals surface area contributed by atoms with E-state index in [1.165, 1.54) is 4.90 Å². The quantitative estimate of drug-likeness (QED) is 0.761. The molecule has 0 aromatic carbocycles. The van der Waals surface area contributed by atoms with Crippen LogP contribution in [0.1, 0.15) is 55.3 Å². The Bertz CT molecular complexity index is 849. The van der Waals surface area contributed by atoms with E-state index < -0.39 is 12.2 Å². The number of pyridine rings is 1. The highest BCUT2D eigenvalue weighted by atomic mass is 19.4. The first-order chi connectivity index (χ1) is 13.4. The summed E-state index contributed by atoms with van der Waals surface area (Å²) in [6, 6.07) is 3.74. The van der Waals surface area contributed by atoms with Crippen molar-refractivity contribution < 1.29 is 18.0 Å². The molecule has 3 atom stereocenters. The van der Waals surface area contributed by atoms with Crippen molar-refractivity contribution in [3.63, 3.8) is 0 Å². The molecule has 0 radical (unpaired) electrons. The molecule has 2 aliphatic rings. The molecule has 1 aliphatic heterocycles. The molecule has 2 aromatic rings. The lowest BCUT2D eigenvalue weighted by Crippen LogP contribution is -2.46. The molecule has 2 aromatic heterocycles. The maximum absolute atomic E-state index is 13.4. The molecule has 1 saturated carbocycles. The molecule has 4 rings (SSSR count). The molecule has 3 unspecified atom stereocenters. The van der Waals surface area contributed by atoms with Gasteiger partial charge in [0.25, 0.3) is 0 Å². The van der Waals surface area contributed by atoms with Gasteiger partial charge in [-0.15, -0.1) is 0 Å². The van der Waals surface area contributed by atoms with Gasteiger partial charge in [-0.3, -0.25) is 14.7 Å². The molecule has 1 amide bonds. The summed E-state index contributed by atoms with van der Waals surface area (Å²) >= 11 is 0. The third-order valence-corrected chi connectivity index (χ3v) is 5.88. The van der Waals surface area contributed by atoms with Crippen LogP contribution in [0.15, 0.2) is 30.6 Å². The second-order valence-electron chi connectivity index (χ2n) is 7.71. The van der Waals surface area contributed by atoms with Gasteiger partial charge in [0.2, 0.25) is 5.91 Å². The molecule has 1 aliphatic carbocycles. The van der Waals surface area contributed by atoms with E-state index in [9.17, 15) is 18.0 Å². The minimum Gasteiger partial charge on any atom is -0.297 e. The Morgan fingerprint density at radius 2 is 2.00 bits per heavy atom. The van der Waals surface area contributed by atoms with Gasteiger partial charge < -0.3 is 0 Å². The molecular formula is C20H23F3N4O. The Labute approximate surface area is 161 Å². The second-order valence-corrected chi connectivity index (χ2v) is 7.71.